The van der Waals surface area contributed by atoms with Crippen LogP contribution in [0.5, 0.6) is 0 Å². The molecule has 0 aromatic rings. The normalized spacial score (nSPS) is 14.4. The molecule has 2 nitrogen and oxygen atoms in total. The molecule has 1 atom stereocenters. The molecule has 98 valence electrons. The molecule has 0 saturated carbocycles. The Labute approximate surface area is 102 Å². The number of hydrogen-bond acceptors (Lipinski definition) is 2. The molecule has 0 heterocycles. The lowest BCUT2D eigenvalue weighted by Crippen LogP contribution is -2.38. The van der Waals surface area contributed by atoms with Gasteiger partial charge in [0.05, 0.1) is 6.61 Å². The third-order valence-corrected chi connectivity index (χ3v) is 2.91. The zero-order valence-corrected chi connectivity index (χ0v) is 12.1. The van der Waals surface area contributed by atoms with Gasteiger partial charge in [-0.1, -0.05) is 41.0 Å². The van der Waals surface area contributed by atoms with Crippen LogP contribution in [0.15, 0.2) is 0 Å². The Balaban J connectivity index is 3.55. The Kier molecular flexibility index (Phi) is 8.04. The van der Waals surface area contributed by atoms with E-state index in [0.29, 0.717) is 17.4 Å². The van der Waals surface area contributed by atoms with Crippen LogP contribution in [0.3, 0.4) is 0 Å². The van der Waals surface area contributed by atoms with E-state index in [2.05, 4.69) is 39.9 Å². The van der Waals surface area contributed by atoms with Gasteiger partial charge in [-0.3, -0.25) is 0 Å². The van der Waals surface area contributed by atoms with Gasteiger partial charge in [-0.25, -0.2) is 0 Å². The molecule has 0 aliphatic heterocycles. The summed E-state index contributed by atoms with van der Waals surface area (Å²) in [6.07, 6.45) is 3.89. The number of ether oxygens (including phenoxy) is 1. The van der Waals surface area contributed by atoms with Gasteiger partial charge in [-0.2, -0.15) is 0 Å². The van der Waals surface area contributed by atoms with Crippen molar-refractivity contribution < 1.29 is 4.74 Å². The van der Waals surface area contributed by atoms with Crippen molar-refractivity contribution in [2.24, 2.45) is 11.3 Å². The molecule has 0 aromatic carbocycles. The van der Waals surface area contributed by atoms with Crippen molar-refractivity contribution in [3.8, 4) is 0 Å². The Morgan fingerprint density at radius 1 is 1.12 bits per heavy atom. The summed E-state index contributed by atoms with van der Waals surface area (Å²) in [5.41, 5.74) is 0.476. The summed E-state index contributed by atoms with van der Waals surface area (Å²) in [6.45, 7) is 13.3. The minimum atomic E-state index is 0.476. The molecule has 2 heteroatoms. The summed E-state index contributed by atoms with van der Waals surface area (Å²) in [5.74, 6) is 0.641. The molecule has 0 aromatic heterocycles. The van der Waals surface area contributed by atoms with Crippen molar-refractivity contribution in [2.45, 2.75) is 59.9 Å². The van der Waals surface area contributed by atoms with Gasteiger partial charge in [-0.05, 0) is 30.7 Å². The average molecular weight is 229 g/mol. The minimum absolute atomic E-state index is 0.476. The lowest BCUT2D eigenvalue weighted by Gasteiger charge is -2.22. The van der Waals surface area contributed by atoms with E-state index in [1.807, 2.05) is 0 Å². The second-order valence-electron chi connectivity index (χ2n) is 6.28. The summed E-state index contributed by atoms with van der Waals surface area (Å²) < 4.78 is 5.21. The van der Waals surface area contributed by atoms with Crippen LogP contribution in [0.4, 0.5) is 0 Å². The molecule has 0 bridgehead atoms. The van der Waals surface area contributed by atoms with E-state index in [9.17, 15) is 0 Å². The highest BCUT2D eigenvalue weighted by Gasteiger charge is 2.12. The molecule has 0 spiro atoms. The van der Waals surface area contributed by atoms with Crippen molar-refractivity contribution in [3.05, 3.63) is 0 Å². The lowest BCUT2D eigenvalue weighted by atomic mass is 9.90. The zero-order chi connectivity index (χ0) is 12.6. The van der Waals surface area contributed by atoms with E-state index in [0.717, 1.165) is 13.2 Å². The molecule has 0 aliphatic rings. The summed E-state index contributed by atoms with van der Waals surface area (Å²) in [7, 11) is 1.77. The highest BCUT2D eigenvalue weighted by Crippen LogP contribution is 2.21. The first-order chi connectivity index (χ1) is 7.37. The van der Waals surface area contributed by atoms with E-state index in [4.69, 9.17) is 4.74 Å². The second-order valence-corrected chi connectivity index (χ2v) is 6.28. The standard InChI is InChI=1S/C14H31NO/c1-12(2)13(11-16-6)15-10-8-7-9-14(3,4)5/h12-13,15H,7-11H2,1-6H3. The third kappa shape index (κ3) is 9.17. The minimum Gasteiger partial charge on any atom is -0.383 e. The van der Waals surface area contributed by atoms with Gasteiger partial charge < -0.3 is 10.1 Å². The second kappa shape index (κ2) is 8.08. The predicted octanol–water partition coefficient (Wildman–Crippen LogP) is 3.46. The molecular formula is C14H31NO. The largest absolute Gasteiger partial charge is 0.383 e. The molecule has 0 amide bonds. The molecule has 1 unspecified atom stereocenters. The molecular weight excluding hydrogens is 198 g/mol. The lowest BCUT2D eigenvalue weighted by molar-refractivity contribution is 0.147. The Bertz CT molecular complexity index is 161. The maximum atomic E-state index is 5.21. The molecule has 0 rings (SSSR count). The van der Waals surface area contributed by atoms with Crippen LogP contribution in [0.1, 0.15) is 53.9 Å². The summed E-state index contributed by atoms with van der Waals surface area (Å²) in [4.78, 5) is 0. The predicted molar refractivity (Wildman–Crippen MR) is 71.8 cm³/mol. The van der Waals surface area contributed by atoms with E-state index in [1.165, 1.54) is 19.3 Å². The van der Waals surface area contributed by atoms with E-state index < -0.39 is 0 Å². The van der Waals surface area contributed by atoms with Gasteiger partial charge in [0, 0.05) is 13.2 Å². The van der Waals surface area contributed by atoms with Gasteiger partial charge in [0.15, 0.2) is 0 Å². The van der Waals surface area contributed by atoms with Crippen LogP contribution in [0, 0.1) is 11.3 Å². The van der Waals surface area contributed by atoms with Crippen LogP contribution in [0.2, 0.25) is 0 Å². The van der Waals surface area contributed by atoms with E-state index in [-0.39, 0.29) is 0 Å². The van der Waals surface area contributed by atoms with Crippen LogP contribution >= 0.6 is 0 Å². The van der Waals surface area contributed by atoms with Gasteiger partial charge in [0.1, 0.15) is 0 Å². The van der Waals surface area contributed by atoms with Crippen LogP contribution in [-0.4, -0.2) is 26.3 Å². The quantitative estimate of drug-likeness (QED) is 0.644. The molecule has 0 radical (unpaired) electrons. The highest BCUT2D eigenvalue weighted by molar-refractivity contribution is 4.70. The molecule has 1 N–H and O–H groups in total. The first kappa shape index (κ1) is 15.9. The van der Waals surface area contributed by atoms with E-state index >= 15 is 0 Å². The number of unbranched alkanes of at least 4 members (excludes halogenated alkanes) is 1. The Hall–Kier alpha value is -0.0800. The van der Waals surface area contributed by atoms with Crippen LogP contribution in [0.25, 0.3) is 0 Å². The molecule has 0 saturated heterocycles. The Morgan fingerprint density at radius 2 is 1.75 bits per heavy atom. The van der Waals surface area contributed by atoms with Crippen molar-refractivity contribution in [1.82, 2.24) is 5.32 Å². The fourth-order valence-corrected chi connectivity index (χ4v) is 1.73. The van der Waals surface area contributed by atoms with Crippen molar-refractivity contribution in [2.75, 3.05) is 20.3 Å². The number of hydrogen-bond donors (Lipinski definition) is 1. The molecule has 16 heavy (non-hydrogen) atoms. The van der Waals surface area contributed by atoms with Gasteiger partial charge >= 0.3 is 0 Å². The number of methoxy groups -OCH3 is 1. The maximum absolute atomic E-state index is 5.21. The first-order valence-corrected chi connectivity index (χ1v) is 6.59. The summed E-state index contributed by atoms with van der Waals surface area (Å²) >= 11 is 0. The zero-order valence-electron chi connectivity index (χ0n) is 12.1. The van der Waals surface area contributed by atoms with Crippen molar-refractivity contribution >= 4 is 0 Å². The van der Waals surface area contributed by atoms with Crippen LogP contribution < -0.4 is 5.32 Å². The van der Waals surface area contributed by atoms with Crippen molar-refractivity contribution in [1.29, 1.82) is 0 Å². The smallest absolute Gasteiger partial charge is 0.0618 e. The van der Waals surface area contributed by atoms with Crippen LogP contribution in [-0.2, 0) is 4.74 Å². The van der Waals surface area contributed by atoms with Crippen molar-refractivity contribution in [3.63, 3.8) is 0 Å². The number of nitrogens with one attached hydrogen (secondary N) is 1. The number of rotatable bonds is 8. The maximum Gasteiger partial charge on any atom is 0.0618 e. The Morgan fingerprint density at radius 3 is 2.19 bits per heavy atom. The molecule has 0 aliphatic carbocycles. The SMILES string of the molecule is COCC(NCCCCC(C)(C)C)C(C)C. The van der Waals surface area contributed by atoms with Gasteiger partial charge in [0.25, 0.3) is 0 Å². The first-order valence-electron chi connectivity index (χ1n) is 6.59. The highest BCUT2D eigenvalue weighted by atomic mass is 16.5. The third-order valence-electron chi connectivity index (χ3n) is 2.91. The fourth-order valence-electron chi connectivity index (χ4n) is 1.73. The van der Waals surface area contributed by atoms with Gasteiger partial charge in [0.2, 0.25) is 0 Å². The van der Waals surface area contributed by atoms with E-state index in [1.54, 1.807) is 7.11 Å². The summed E-state index contributed by atoms with van der Waals surface area (Å²) in [5, 5.41) is 3.58. The topological polar surface area (TPSA) is 21.3 Å². The fraction of sp³-hybridized carbons (Fsp3) is 1.00. The molecule has 0 fully saturated rings. The van der Waals surface area contributed by atoms with Gasteiger partial charge in [-0.15, -0.1) is 0 Å². The summed E-state index contributed by atoms with van der Waals surface area (Å²) in [6, 6.07) is 0.500. The average Bonchev–Trinajstić information content (AvgIpc) is 2.13. The monoisotopic (exact) mass is 229 g/mol.